The van der Waals surface area contributed by atoms with Crippen LogP contribution in [0.1, 0.15) is 22.8 Å². The number of pyridine rings is 1. The van der Waals surface area contributed by atoms with Crippen LogP contribution in [0.15, 0.2) is 46.7 Å². The number of hydrogen-bond acceptors (Lipinski definition) is 7. The van der Waals surface area contributed by atoms with Crippen molar-refractivity contribution in [3.63, 3.8) is 0 Å². The molecule has 0 bridgehead atoms. The van der Waals surface area contributed by atoms with Gasteiger partial charge in [0.25, 0.3) is 5.91 Å². The van der Waals surface area contributed by atoms with Crippen LogP contribution in [0, 0.1) is 0 Å². The van der Waals surface area contributed by atoms with Crippen LogP contribution < -0.4 is 5.43 Å². The average Bonchev–Trinajstić information content (AvgIpc) is 2.74. The number of carbonyl (C=O) groups is 1. The molecule has 0 unspecified atom stereocenters. The molecule has 2 aromatic rings. The highest BCUT2D eigenvalue weighted by Gasteiger charge is 2.28. The number of nitrogens with one attached hydrogen (secondary N) is 1. The number of nitrogens with zero attached hydrogens (tertiary/aromatic N) is 4. The van der Waals surface area contributed by atoms with Gasteiger partial charge in [0.1, 0.15) is 10.6 Å². The first-order valence-electron chi connectivity index (χ1n) is 9.16. The van der Waals surface area contributed by atoms with Crippen molar-refractivity contribution in [2.75, 3.05) is 33.2 Å². The Kier molecular flexibility index (Phi) is 6.71. The zero-order chi connectivity index (χ0) is 21.9. The van der Waals surface area contributed by atoms with E-state index in [0.717, 1.165) is 0 Å². The lowest BCUT2D eigenvalue weighted by atomic mass is 10.1. The molecule has 1 aromatic heterocycles. The largest absolute Gasteiger partial charge is 0.507 e. The second kappa shape index (κ2) is 9.09. The SMILES string of the molecule is C/C(=N/NC(=O)c1cncc(S(=O)(=O)N2CCN(C)CC2)c1)c1cc(Cl)ccc1O. The second-order valence-corrected chi connectivity index (χ2v) is 9.29. The van der Waals surface area contributed by atoms with Crippen molar-refractivity contribution in [2.24, 2.45) is 5.10 Å². The summed E-state index contributed by atoms with van der Waals surface area (Å²) in [5.41, 5.74) is 3.10. The second-order valence-electron chi connectivity index (χ2n) is 6.92. The molecule has 0 aliphatic carbocycles. The van der Waals surface area contributed by atoms with Crippen LogP contribution in [0.3, 0.4) is 0 Å². The van der Waals surface area contributed by atoms with Crippen molar-refractivity contribution in [3.8, 4) is 5.75 Å². The third kappa shape index (κ3) is 4.96. The number of hydrogen-bond donors (Lipinski definition) is 2. The molecule has 1 amide bonds. The number of phenolic OH excluding ortho intramolecular Hbond substituents is 1. The number of halogens is 1. The maximum atomic E-state index is 12.9. The lowest BCUT2D eigenvalue weighted by molar-refractivity contribution is 0.0954. The summed E-state index contributed by atoms with van der Waals surface area (Å²) >= 11 is 5.93. The Bertz CT molecular complexity index is 1080. The average molecular weight is 452 g/mol. The minimum Gasteiger partial charge on any atom is -0.507 e. The molecule has 0 saturated carbocycles. The van der Waals surface area contributed by atoms with Gasteiger partial charge in [-0.3, -0.25) is 9.78 Å². The summed E-state index contributed by atoms with van der Waals surface area (Å²) in [7, 11) is -1.81. The van der Waals surface area contributed by atoms with Crippen LogP contribution in [-0.2, 0) is 10.0 Å². The highest BCUT2D eigenvalue weighted by Crippen LogP contribution is 2.22. The number of sulfonamides is 1. The van der Waals surface area contributed by atoms with Gasteiger partial charge in [-0.1, -0.05) is 11.6 Å². The fraction of sp³-hybridized carbons (Fsp3) is 0.316. The molecule has 11 heteroatoms. The van der Waals surface area contributed by atoms with Crippen LogP contribution in [0.4, 0.5) is 0 Å². The van der Waals surface area contributed by atoms with Gasteiger partial charge in [-0.15, -0.1) is 0 Å². The van der Waals surface area contributed by atoms with E-state index in [0.29, 0.717) is 42.5 Å². The van der Waals surface area contributed by atoms with Crippen LogP contribution in [-0.4, -0.2) is 72.6 Å². The van der Waals surface area contributed by atoms with Gasteiger partial charge < -0.3 is 10.0 Å². The van der Waals surface area contributed by atoms with Gasteiger partial charge in [0.05, 0.1) is 11.3 Å². The molecule has 1 aromatic carbocycles. The Morgan fingerprint density at radius 2 is 1.90 bits per heavy atom. The highest BCUT2D eigenvalue weighted by molar-refractivity contribution is 7.89. The van der Waals surface area contributed by atoms with E-state index < -0.39 is 15.9 Å². The number of benzene rings is 1. The minimum absolute atomic E-state index is 0.0307. The zero-order valence-electron chi connectivity index (χ0n) is 16.5. The quantitative estimate of drug-likeness (QED) is 0.526. The summed E-state index contributed by atoms with van der Waals surface area (Å²) in [6.07, 6.45) is 2.49. The number of rotatable bonds is 5. The zero-order valence-corrected chi connectivity index (χ0v) is 18.1. The number of piperazine rings is 1. The third-order valence-electron chi connectivity index (χ3n) is 4.75. The summed E-state index contributed by atoms with van der Waals surface area (Å²) < 4.78 is 27.1. The van der Waals surface area contributed by atoms with Crippen molar-refractivity contribution in [2.45, 2.75) is 11.8 Å². The fourth-order valence-electron chi connectivity index (χ4n) is 2.92. The van der Waals surface area contributed by atoms with E-state index in [1.54, 1.807) is 6.92 Å². The first-order valence-corrected chi connectivity index (χ1v) is 11.0. The lowest BCUT2D eigenvalue weighted by Gasteiger charge is -2.31. The van der Waals surface area contributed by atoms with Crippen LogP contribution in [0.25, 0.3) is 0 Å². The molecule has 2 N–H and O–H groups in total. The molecule has 0 radical (unpaired) electrons. The van der Waals surface area contributed by atoms with E-state index in [-0.39, 0.29) is 16.2 Å². The molecule has 1 saturated heterocycles. The number of amides is 1. The summed E-state index contributed by atoms with van der Waals surface area (Å²) in [5, 5.41) is 14.3. The maximum absolute atomic E-state index is 12.9. The first-order chi connectivity index (χ1) is 14.2. The van der Waals surface area contributed by atoms with Crippen molar-refractivity contribution in [3.05, 3.63) is 52.8 Å². The number of hydrazone groups is 1. The minimum atomic E-state index is -3.75. The summed E-state index contributed by atoms with van der Waals surface area (Å²) in [6, 6.07) is 5.75. The molecule has 0 spiro atoms. The Hall–Kier alpha value is -2.53. The highest BCUT2D eigenvalue weighted by atomic mass is 35.5. The lowest BCUT2D eigenvalue weighted by Crippen LogP contribution is -2.47. The topological polar surface area (TPSA) is 115 Å². The van der Waals surface area contributed by atoms with Crippen molar-refractivity contribution in [1.29, 1.82) is 0 Å². The Morgan fingerprint density at radius 1 is 1.20 bits per heavy atom. The Labute approximate surface area is 180 Å². The molecular formula is C19H22ClN5O4S. The molecule has 1 aliphatic rings. The monoisotopic (exact) mass is 451 g/mol. The van der Waals surface area contributed by atoms with E-state index in [1.165, 1.54) is 41.0 Å². The number of aromatic hydroxyl groups is 1. The first kappa shape index (κ1) is 22.2. The fourth-order valence-corrected chi connectivity index (χ4v) is 4.50. The number of phenols is 1. The van der Waals surface area contributed by atoms with Crippen molar-refractivity contribution >= 4 is 33.2 Å². The van der Waals surface area contributed by atoms with Gasteiger partial charge >= 0.3 is 0 Å². The number of aromatic nitrogens is 1. The van der Waals surface area contributed by atoms with Gasteiger partial charge in [-0.25, -0.2) is 13.8 Å². The standard InChI is InChI=1S/C19H22ClN5O4S/c1-13(17-10-15(20)3-4-18(17)26)22-23-19(27)14-9-16(12-21-11-14)30(28,29)25-7-5-24(2)6-8-25/h3-4,9-12,26H,5-8H2,1-2H3,(H,23,27)/b22-13-. The van der Waals surface area contributed by atoms with Crippen molar-refractivity contribution < 1.29 is 18.3 Å². The van der Waals surface area contributed by atoms with Gasteiger partial charge in [-0.2, -0.15) is 9.41 Å². The van der Waals surface area contributed by atoms with Gasteiger partial charge in [0, 0.05) is 49.2 Å². The predicted molar refractivity (Wildman–Crippen MR) is 113 cm³/mol. The Morgan fingerprint density at radius 3 is 2.60 bits per heavy atom. The molecule has 3 rings (SSSR count). The smallest absolute Gasteiger partial charge is 0.272 e. The normalized spacial score (nSPS) is 16.4. The molecule has 160 valence electrons. The summed E-state index contributed by atoms with van der Waals surface area (Å²) in [6.45, 7) is 3.62. The van der Waals surface area contributed by atoms with Gasteiger partial charge in [0.15, 0.2) is 0 Å². The van der Waals surface area contributed by atoms with Gasteiger partial charge in [0.2, 0.25) is 10.0 Å². The molecule has 1 fully saturated rings. The Balaban J connectivity index is 1.77. The number of carbonyl (C=O) groups excluding carboxylic acids is 1. The molecule has 9 nitrogen and oxygen atoms in total. The third-order valence-corrected chi connectivity index (χ3v) is 6.85. The molecule has 0 atom stereocenters. The predicted octanol–water partition coefficient (Wildman–Crippen LogP) is 1.53. The van der Waals surface area contributed by atoms with E-state index in [9.17, 15) is 18.3 Å². The maximum Gasteiger partial charge on any atom is 0.272 e. The van der Waals surface area contributed by atoms with E-state index in [1.807, 2.05) is 11.9 Å². The van der Waals surface area contributed by atoms with Crippen LogP contribution >= 0.6 is 11.6 Å². The summed E-state index contributed by atoms with van der Waals surface area (Å²) in [4.78, 5) is 18.4. The van der Waals surface area contributed by atoms with Crippen molar-refractivity contribution in [1.82, 2.24) is 19.6 Å². The van der Waals surface area contributed by atoms with E-state index >= 15 is 0 Å². The number of likely N-dealkylation sites (N-methyl/N-ethyl adjacent to an activating group) is 1. The molecular weight excluding hydrogens is 430 g/mol. The molecule has 30 heavy (non-hydrogen) atoms. The van der Waals surface area contributed by atoms with E-state index in [4.69, 9.17) is 11.6 Å². The van der Waals surface area contributed by atoms with Gasteiger partial charge in [-0.05, 0) is 38.2 Å². The molecule has 2 heterocycles. The van der Waals surface area contributed by atoms with E-state index in [2.05, 4.69) is 15.5 Å². The van der Waals surface area contributed by atoms with Crippen LogP contribution in [0.5, 0.6) is 5.75 Å². The molecule has 1 aliphatic heterocycles. The van der Waals surface area contributed by atoms with Crippen LogP contribution in [0.2, 0.25) is 5.02 Å². The summed E-state index contributed by atoms with van der Waals surface area (Å²) in [5.74, 6) is -0.657.